The summed E-state index contributed by atoms with van der Waals surface area (Å²) < 4.78 is 76.1. The Balaban J connectivity index is 1.05. The lowest BCUT2D eigenvalue weighted by Gasteiger charge is -2.24. The molecule has 22 heteroatoms. The molecule has 9 aliphatic rings. The van der Waals surface area contributed by atoms with Crippen molar-refractivity contribution < 1.29 is 56.6 Å². The van der Waals surface area contributed by atoms with Gasteiger partial charge in [0.25, 0.3) is 0 Å². The topological polar surface area (TPSA) is 222 Å². The van der Waals surface area contributed by atoms with Crippen LogP contribution >= 0.6 is 0 Å². The van der Waals surface area contributed by atoms with E-state index >= 15 is 0 Å². The third-order valence-electron chi connectivity index (χ3n) is 11.4. The highest BCUT2D eigenvalue weighted by molar-refractivity contribution is 6.40. The second kappa shape index (κ2) is 18.0. The SMILES string of the molecule is c1cc(C2=NCCO2)c(C2=NCCO2)c(C2=NCCO2)c1OB(Oc1ccc(C2=NCCO2)c(C2=NCCO2)c1C1=NCCO1)Oc1ccc(C2=NCCO2)c(C2=NCCO2)c1C1=NCCO1. The first-order chi connectivity index (χ1) is 33.2. The Morgan fingerprint density at radius 2 is 0.478 bits per heavy atom. The molecule has 0 saturated carbocycles. The summed E-state index contributed by atoms with van der Waals surface area (Å²) in [7, 11) is -1.61. The van der Waals surface area contributed by atoms with Crippen LogP contribution in [0.2, 0.25) is 0 Å². The zero-order valence-corrected chi connectivity index (χ0v) is 36.2. The molecule has 0 fully saturated rings. The van der Waals surface area contributed by atoms with Crippen LogP contribution in [-0.2, 0) is 42.6 Å². The van der Waals surface area contributed by atoms with E-state index in [0.29, 0.717) is 222 Å². The van der Waals surface area contributed by atoms with Crippen molar-refractivity contribution in [2.24, 2.45) is 44.9 Å². The van der Waals surface area contributed by atoms with Gasteiger partial charge < -0.3 is 56.6 Å². The number of hydrogen-bond acceptors (Lipinski definition) is 21. The highest BCUT2D eigenvalue weighted by atomic mass is 16.7. The summed E-state index contributed by atoms with van der Waals surface area (Å²) in [6, 6.07) is 10.8. The highest BCUT2D eigenvalue weighted by Crippen LogP contribution is 2.37. The van der Waals surface area contributed by atoms with Crippen molar-refractivity contribution >= 4 is 60.4 Å². The molecule has 0 saturated heterocycles. The lowest BCUT2D eigenvalue weighted by Crippen LogP contribution is -2.39. The molecule has 0 bridgehead atoms. The third-order valence-corrected chi connectivity index (χ3v) is 11.4. The summed E-state index contributed by atoms with van der Waals surface area (Å²) in [5, 5.41) is 0. The van der Waals surface area contributed by atoms with Crippen molar-refractivity contribution in [2.75, 3.05) is 118 Å². The molecular weight excluding hydrogens is 869 g/mol. The van der Waals surface area contributed by atoms with Gasteiger partial charge in [-0.25, -0.2) is 44.9 Å². The van der Waals surface area contributed by atoms with Crippen molar-refractivity contribution in [3.8, 4) is 17.2 Å². The first-order valence-corrected chi connectivity index (χ1v) is 22.3. The molecule has 3 aromatic rings. The van der Waals surface area contributed by atoms with Gasteiger partial charge in [0.1, 0.15) is 76.7 Å². The zero-order chi connectivity index (χ0) is 44.5. The molecule has 9 heterocycles. The second-order valence-corrected chi connectivity index (χ2v) is 15.5. The summed E-state index contributed by atoms with van der Waals surface area (Å²) in [6.45, 7) is 7.61. The molecule has 0 radical (unpaired) electrons. The molecule has 9 aliphatic heterocycles. The average molecular weight is 912 g/mol. The zero-order valence-electron chi connectivity index (χ0n) is 36.2. The van der Waals surface area contributed by atoms with E-state index in [4.69, 9.17) is 86.5 Å². The van der Waals surface area contributed by atoms with Crippen molar-refractivity contribution in [1.82, 2.24) is 0 Å². The minimum absolute atomic E-state index is 0.260. The van der Waals surface area contributed by atoms with E-state index in [9.17, 15) is 0 Å². The predicted molar refractivity (Wildman–Crippen MR) is 243 cm³/mol. The molecule has 342 valence electrons. The van der Waals surface area contributed by atoms with Gasteiger partial charge in [0.05, 0.1) is 109 Å². The molecule has 0 unspecified atom stereocenters. The van der Waals surface area contributed by atoms with E-state index in [2.05, 4.69) is 15.0 Å². The van der Waals surface area contributed by atoms with Gasteiger partial charge in [-0.05, 0) is 36.4 Å². The first kappa shape index (κ1) is 40.8. The molecule has 0 atom stereocenters. The van der Waals surface area contributed by atoms with Crippen LogP contribution in [0.1, 0.15) is 50.1 Å². The third kappa shape index (κ3) is 7.78. The van der Waals surface area contributed by atoms with Crippen molar-refractivity contribution in [3.63, 3.8) is 0 Å². The van der Waals surface area contributed by atoms with Gasteiger partial charge in [-0.3, -0.25) is 0 Å². The van der Waals surface area contributed by atoms with E-state index in [-0.39, 0.29) is 17.2 Å². The average Bonchev–Trinajstić information content (AvgIpc) is 4.22. The van der Waals surface area contributed by atoms with Crippen LogP contribution in [0.25, 0.3) is 0 Å². The number of rotatable bonds is 15. The Bertz CT molecular complexity index is 2520. The first-order valence-electron chi connectivity index (χ1n) is 22.3. The van der Waals surface area contributed by atoms with E-state index in [1.165, 1.54) is 0 Å². The van der Waals surface area contributed by atoms with Crippen LogP contribution in [0.15, 0.2) is 81.3 Å². The van der Waals surface area contributed by atoms with Gasteiger partial charge in [0.15, 0.2) is 0 Å². The molecule has 21 nitrogen and oxygen atoms in total. The Hall–Kier alpha value is -7.65. The number of nitrogens with zero attached hydrogens (tertiary/aromatic N) is 9. The maximum Gasteiger partial charge on any atom is 0.864 e. The normalized spacial score (nSPS) is 20.1. The minimum atomic E-state index is -1.61. The van der Waals surface area contributed by atoms with Crippen LogP contribution < -0.4 is 14.0 Å². The van der Waals surface area contributed by atoms with Crippen molar-refractivity contribution in [2.45, 2.75) is 0 Å². The van der Waals surface area contributed by atoms with Crippen LogP contribution in [0.3, 0.4) is 0 Å². The van der Waals surface area contributed by atoms with Crippen molar-refractivity contribution in [1.29, 1.82) is 0 Å². The smallest absolute Gasteiger partial charge is 0.489 e. The largest absolute Gasteiger partial charge is 0.864 e. The monoisotopic (exact) mass is 911 g/mol. The Kier molecular flexibility index (Phi) is 11.0. The maximum atomic E-state index is 7.03. The molecule has 0 aromatic heterocycles. The Morgan fingerprint density at radius 3 is 0.687 bits per heavy atom. The molecular formula is C45H42BN9O12. The Labute approximate surface area is 383 Å². The second-order valence-electron chi connectivity index (χ2n) is 15.5. The van der Waals surface area contributed by atoms with Crippen molar-refractivity contribution in [3.05, 3.63) is 86.5 Å². The Morgan fingerprint density at radius 1 is 0.269 bits per heavy atom. The van der Waals surface area contributed by atoms with Gasteiger partial charge in [0, 0.05) is 0 Å². The minimum Gasteiger partial charge on any atom is -0.489 e. The van der Waals surface area contributed by atoms with Crippen LogP contribution in [0, 0.1) is 0 Å². The standard InChI is InChI=1S/C45H42BN9O12/c1-4-28(34(43-53-13-22-62-43)31(40-50-10-19-59-40)25(1)37-47-7-16-56-37)65-46(66-29-5-2-26(38-48-8-17-57-38)32(41-51-11-20-60-41)35(29)44-54-14-23-63-44)67-30-6-3-27(39-49-9-18-58-39)33(42-52-12-21-61-42)36(30)45-55-15-24-64-45/h1-6H,7-24H2. The molecule has 0 spiro atoms. The van der Waals surface area contributed by atoms with Gasteiger partial charge in [0.2, 0.25) is 53.1 Å². The van der Waals surface area contributed by atoms with E-state index < -0.39 is 7.32 Å². The number of aliphatic imine (C=N–C) groups is 9. The predicted octanol–water partition coefficient (Wildman–Crippen LogP) is 2.20. The molecule has 0 amide bonds. The number of benzene rings is 3. The van der Waals surface area contributed by atoms with E-state index in [1.54, 1.807) is 18.2 Å². The quantitative estimate of drug-likeness (QED) is 0.200. The molecule has 3 aromatic carbocycles. The van der Waals surface area contributed by atoms with Gasteiger partial charge in [-0.15, -0.1) is 0 Å². The lowest BCUT2D eigenvalue weighted by atomic mass is 9.96. The summed E-state index contributed by atoms with van der Waals surface area (Å²) in [5.41, 5.74) is 4.87. The molecule has 67 heavy (non-hydrogen) atoms. The lowest BCUT2D eigenvalue weighted by molar-refractivity contribution is 0.301. The summed E-state index contributed by atoms with van der Waals surface area (Å²) >= 11 is 0. The number of ether oxygens (including phenoxy) is 9. The van der Waals surface area contributed by atoms with Crippen LogP contribution in [0.4, 0.5) is 0 Å². The van der Waals surface area contributed by atoms with Gasteiger partial charge >= 0.3 is 7.32 Å². The van der Waals surface area contributed by atoms with Gasteiger partial charge in [-0.1, -0.05) is 0 Å². The summed E-state index contributed by atoms with van der Waals surface area (Å²) in [6.07, 6.45) is 0. The van der Waals surface area contributed by atoms with Crippen LogP contribution in [0.5, 0.6) is 17.2 Å². The number of hydrogen-bond donors (Lipinski definition) is 0. The van der Waals surface area contributed by atoms with Crippen LogP contribution in [-0.4, -0.2) is 179 Å². The fraction of sp³-hybridized carbons (Fsp3) is 0.400. The molecule has 0 aliphatic carbocycles. The fourth-order valence-corrected chi connectivity index (χ4v) is 8.68. The fourth-order valence-electron chi connectivity index (χ4n) is 8.68. The van der Waals surface area contributed by atoms with E-state index in [0.717, 1.165) is 0 Å². The van der Waals surface area contributed by atoms with E-state index in [1.807, 2.05) is 18.2 Å². The molecule has 0 N–H and O–H groups in total. The highest BCUT2D eigenvalue weighted by Gasteiger charge is 2.41. The summed E-state index contributed by atoms with van der Waals surface area (Å²) in [4.78, 5) is 42.4. The maximum absolute atomic E-state index is 7.03. The molecule has 12 rings (SSSR count). The summed E-state index contributed by atoms with van der Waals surface area (Å²) in [5.74, 6) is 4.14. The van der Waals surface area contributed by atoms with Gasteiger partial charge in [-0.2, -0.15) is 0 Å².